The lowest BCUT2D eigenvalue weighted by Crippen LogP contribution is -2.48. The van der Waals surface area contributed by atoms with Crippen molar-refractivity contribution in [3.8, 4) is 0 Å². The summed E-state index contributed by atoms with van der Waals surface area (Å²) in [6.45, 7) is 2.83. The SMILES string of the molecule is CCc1ccc(Cc2cc([C@@H]3O[C@H](COCc4ccccc4)C[C@H](OCc4ccccc4)[C@H]3OCc3ccccc3)c(COCC(F)F)cc2Cl)cc1. The normalized spacial score (nSPS) is 18.7. The molecule has 0 amide bonds. The van der Waals surface area contributed by atoms with E-state index in [1.807, 2.05) is 103 Å². The van der Waals surface area contributed by atoms with Crippen LogP contribution < -0.4 is 0 Å². The Bertz CT molecular complexity index is 1810. The molecule has 0 radical (unpaired) electrons. The van der Waals surface area contributed by atoms with Crippen molar-refractivity contribution in [1.82, 2.24) is 0 Å². The maximum absolute atomic E-state index is 13.3. The number of ether oxygens (including phenoxy) is 5. The molecule has 5 aromatic rings. The molecule has 0 bridgehead atoms. The van der Waals surface area contributed by atoms with Gasteiger partial charge in [-0.25, -0.2) is 8.78 Å². The molecule has 8 heteroatoms. The molecule has 1 saturated heterocycles. The van der Waals surface area contributed by atoms with Gasteiger partial charge in [-0.15, -0.1) is 0 Å². The van der Waals surface area contributed by atoms with Gasteiger partial charge in [0.25, 0.3) is 6.43 Å². The average Bonchev–Trinajstić information content (AvgIpc) is 3.18. The second kappa shape index (κ2) is 19.9. The Labute approximate surface area is 316 Å². The van der Waals surface area contributed by atoms with Gasteiger partial charge in [-0.3, -0.25) is 0 Å². The molecule has 1 aliphatic heterocycles. The van der Waals surface area contributed by atoms with E-state index < -0.39 is 31.3 Å². The van der Waals surface area contributed by atoms with E-state index in [9.17, 15) is 8.78 Å². The third-order valence-electron chi connectivity index (χ3n) is 9.45. The minimum Gasteiger partial charge on any atom is -0.374 e. The maximum atomic E-state index is 13.3. The first kappa shape index (κ1) is 38.8. The van der Waals surface area contributed by atoms with Crippen molar-refractivity contribution in [1.29, 1.82) is 0 Å². The van der Waals surface area contributed by atoms with Crippen molar-refractivity contribution in [2.75, 3.05) is 13.2 Å². The summed E-state index contributed by atoms with van der Waals surface area (Å²) < 4.78 is 58.8. The Balaban J connectivity index is 1.36. The first-order valence-electron chi connectivity index (χ1n) is 18.3. The van der Waals surface area contributed by atoms with Crippen LogP contribution in [-0.4, -0.2) is 38.0 Å². The van der Waals surface area contributed by atoms with Gasteiger partial charge in [-0.2, -0.15) is 0 Å². The van der Waals surface area contributed by atoms with Crippen molar-refractivity contribution >= 4 is 11.6 Å². The molecule has 4 atom stereocenters. The molecule has 5 aromatic carbocycles. The monoisotopic (exact) mass is 740 g/mol. The van der Waals surface area contributed by atoms with Gasteiger partial charge in [0.05, 0.1) is 45.2 Å². The summed E-state index contributed by atoms with van der Waals surface area (Å²) in [5.74, 6) is 0. The van der Waals surface area contributed by atoms with Crippen LogP contribution in [0.2, 0.25) is 5.02 Å². The molecule has 0 aliphatic carbocycles. The van der Waals surface area contributed by atoms with Crippen molar-refractivity contribution in [3.63, 3.8) is 0 Å². The highest BCUT2D eigenvalue weighted by Crippen LogP contribution is 2.40. The first-order chi connectivity index (χ1) is 25.9. The van der Waals surface area contributed by atoms with E-state index in [1.165, 1.54) is 5.56 Å². The topological polar surface area (TPSA) is 46.2 Å². The third-order valence-corrected chi connectivity index (χ3v) is 9.80. The van der Waals surface area contributed by atoms with Gasteiger partial charge in [0.2, 0.25) is 0 Å². The fraction of sp³-hybridized carbons (Fsp3) is 0.333. The summed E-state index contributed by atoms with van der Waals surface area (Å²) >= 11 is 6.95. The predicted molar refractivity (Wildman–Crippen MR) is 204 cm³/mol. The molecule has 5 nitrogen and oxygen atoms in total. The third kappa shape index (κ3) is 11.5. The molecule has 0 aromatic heterocycles. The van der Waals surface area contributed by atoms with E-state index in [1.54, 1.807) is 0 Å². The van der Waals surface area contributed by atoms with Crippen LogP contribution in [0.4, 0.5) is 8.78 Å². The number of hydrogen-bond acceptors (Lipinski definition) is 5. The highest BCUT2D eigenvalue weighted by atomic mass is 35.5. The second-order valence-corrected chi connectivity index (χ2v) is 13.8. The Kier molecular flexibility index (Phi) is 14.6. The fourth-order valence-corrected chi connectivity index (χ4v) is 6.90. The van der Waals surface area contributed by atoms with Crippen molar-refractivity contribution in [3.05, 3.63) is 177 Å². The van der Waals surface area contributed by atoms with Crippen LogP contribution in [0.15, 0.2) is 127 Å². The van der Waals surface area contributed by atoms with Crippen LogP contribution in [0.25, 0.3) is 0 Å². The molecule has 0 spiro atoms. The molecule has 1 heterocycles. The average molecular weight is 741 g/mol. The molecule has 1 fully saturated rings. The molecule has 53 heavy (non-hydrogen) atoms. The molecular formula is C45H47ClF2O5. The van der Waals surface area contributed by atoms with Gasteiger partial charge in [0.1, 0.15) is 18.8 Å². The smallest absolute Gasteiger partial charge is 0.261 e. The van der Waals surface area contributed by atoms with Crippen LogP contribution >= 0.6 is 11.6 Å². The minimum atomic E-state index is -2.60. The summed E-state index contributed by atoms with van der Waals surface area (Å²) in [4.78, 5) is 0. The molecular weight excluding hydrogens is 694 g/mol. The Morgan fingerprint density at radius 2 is 1.25 bits per heavy atom. The van der Waals surface area contributed by atoms with E-state index >= 15 is 0 Å². The van der Waals surface area contributed by atoms with Crippen LogP contribution in [0, 0.1) is 0 Å². The second-order valence-electron chi connectivity index (χ2n) is 13.4. The standard InChI is InChI=1S/C45H47ClF2O5/c1-2-32-18-20-33(21-19-32)22-37-23-40(38(24-41(37)46)29-50-31-43(47)48)44-45(52-28-36-16-10-5-11-17-36)42(51-27-35-14-8-4-9-15-35)25-39(53-44)30-49-26-34-12-6-3-7-13-34/h3-21,23-24,39,42-45H,2,22,25-31H2,1H3/t39-,42-,44-,45+/m0/s1. The lowest BCUT2D eigenvalue weighted by Gasteiger charge is -2.42. The van der Waals surface area contributed by atoms with E-state index in [-0.39, 0.29) is 12.7 Å². The van der Waals surface area contributed by atoms with Crippen LogP contribution in [-0.2, 0) is 63.0 Å². The number of hydrogen-bond donors (Lipinski definition) is 0. The lowest BCUT2D eigenvalue weighted by atomic mass is 9.88. The predicted octanol–water partition coefficient (Wildman–Crippen LogP) is 10.5. The first-order valence-corrected chi connectivity index (χ1v) is 18.7. The van der Waals surface area contributed by atoms with Crippen LogP contribution in [0.1, 0.15) is 64.0 Å². The van der Waals surface area contributed by atoms with Crippen LogP contribution in [0.3, 0.4) is 0 Å². The van der Waals surface area contributed by atoms with E-state index in [4.69, 9.17) is 35.3 Å². The van der Waals surface area contributed by atoms with Crippen molar-refractivity contribution < 1.29 is 32.5 Å². The Morgan fingerprint density at radius 3 is 1.85 bits per heavy atom. The van der Waals surface area contributed by atoms with Gasteiger partial charge >= 0.3 is 0 Å². The number of aryl methyl sites for hydroxylation is 1. The highest BCUT2D eigenvalue weighted by molar-refractivity contribution is 6.31. The number of halogens is 3. The molecule has 6 rings (SSSR count). The van der Waals surface area contributed by atoms with Gasteiger partial charge in [0, 0.05) is 11.4 Å². The quantitative estimate of drug-likeness (QED) is 0.0895. The minimum absolute atomic E-state index is 0.0686. The fourth-order valence-electron chi connectivity index (χ4n) is 6.64. The zero-order valence-electron chi connectivity index (χ0n) is 30.1. The largest absolute Gasteiger partial charge is 0.374 e. The number of alkyl halides is 2. The Hall–Kier alpha value is -3.95. The summed E-state index contributed by atoms with van der Waals surface area (Å²) in [5, 5.41) is 0.529. The maximum Gasteiger partial charge on any atom is 0.261 e. The van der Waals surface area contributed by atoms with Crippen LogP contribution in [0.5, 0.6) is 0 Å². The molecule has 278 valence electrons. The zero-order valence-corrected chi connectivity index (χ0v) is 30.8. The summed E-state index contributed by atoms with van der Waals surface area (Å²) in [6.07, 6.45) is -2.50. The van der Waals surface area contributed by atoms with Crippen molar-refractivity contribution in [2.24, 2.45) is 0 Å². The lowest BCUT2D eigenvalue weighted by molar-refractivity contribution is -0.219. The van der Waals surface area contributed by atoms with Crippen molar-refractivity contribution in [2.45, 2.75) is 83.5 Å². The van der Waals surface area contributed by atoms with E-state index in [2.05, 4.69) is 31.2 Å². The number of rotatable bonds is 18. The van der Waals surface area contributed by atoms with Gasteiger partial charge in [-0.05, 0) is 63.4 Å². The molecule has 0 saturated carbocycles. The molecule has 0 unspecified atom stereocenters. The van der Waals surface area contributed by atoms with Gasteiger partial charge in [0.15, 0.2) is 0 Å². The summed E-state index contributed by atoms with van der Waals surface area (Å²) in [7, 11) is 0. The molecule has 0 N–H and O–H groups in total. The van der Waals surface area contributed by atoms with E-state index in [0.717, 1.165) is 39.8 Å². The van der Waals surface area contributed by atoms with Gasteiger partial charge in [-0.1, -0.05) is 140 Å². The highest BCUT2D eigenvalue weighted by Gasteiger charge is 2.42. The zero-order chi connectivity index (χ0) is 36.8. The Morgan fingerprint density at radius 1 is 0.660 bits per heavy atom. The molecule has 1 aliphatic rings. The number of benzene rings is 5. The summed E-state index contributed by atoms with van der Waals surface area (Å²) in [5.41, 5.74) is 7.78. The van der Waals surface area contributed by atoms with E-state index in [0.29, 0.717) is 49.9 Å². The summed E-state index contributed by atoms with van der Waals surface area (Å²) in [6, 6.07) is 42.4. The van der Waals surface area contributed by atoms with Gasteiger partial charge < -0.3 is 23.7 Å².